The molecule has 2 aliphatic rings. The Kier molecular flexibility index (Phi) is 5.90. The molecule has 0 unspecified atom stereocenters. The van der Waals surface area contributed by atoms with Crippen molar-refractivity contribution in [3.63, 3.8) is 0 Å². The molecule has 4 heteroatoms. The van der Waals surface area contributed by atoms with E-state index in [1.165, 1.54) is 17.5 Å². The third-order valence-corrected chi connectivity index (χ3v) is 5.70. The van der Waals surface area contributed by atoms with Crippen molar-refractivity contribution in [2.45, 2.75) is 44.6 Å². The van der Waals surface area contributed by atoms with E-state index in [0.717, 1.165) is 45.2 Å². The molecule has 1 N–H and O–H groups in total. The van der Waals surface area contributed by atoms with Gasteiger partial charge in [0.2, 0.25) is 5.91 Å². The van der Waals surface area contributed by atoms with Crippen molar-refractivity contribution >= 4 is 5.91 Å². The smallest absolute Gasteiger partial charge is 0.237 e. The van der Waals surface area contributed by atoms with Crippen LogP contribution in [0.3, 0.4) is 0 Å². The quantitative estimate of drug-likeness (QED) is 0.902. The topological polar surface area (TPSA) is 43.8 Å². The first-order valence-corrected chi connectivity index (χ1v) is 9.35. The van der Waals surface area contributed by atoms with Gasteiger partial charge in [-0.05, 0) is 62.1 Å². The number of nitrogens with zero attached hydrogens (tertiary/aromatic N) is 2. The molecule has 1 aliphatic carbocycles. The Morgan fingerprint density at radius 1 is 1.29 bits per heavy atom. The summed E-state index contributed by atoms with van der Waals surface area (Å²) in [6.45, 7) is 2.71. The van der Waals surface area contributed by atoms with Gasteiger partial charge >= 0.3 is 0 Å². The van der Waals surface area contributed by atoms with Crippen LogP contribution < -0.4 is 0 Å². The summed E-state index contributed by atoms with van der Waals surface area (Å²) in [5.74, 6) is 0.763. The molecule has 1 heterocycles. The first-order chi connectivity index (χ1) is 11.7. The Labute approximate surface area is 145 Å². The minimum Gasteiger partial charge on any atom is -0.396 e. The van der Waals surface area contributed by atoms with Gasteiger partial charge in [-0.3, -0.25) is 9.69 Å². The molecule has 1 aromatic rings. The zero-order chi connectivity index (χ0) is 16.9. The standard InChI is InChI=1S/C20H30N2O2/c1-21(19-10-4-8-17-7-2-3-9-18(17)19)20(24)15-22-12-5-6-16(14-22)11-13-23/h2-3,7,9,16,19,23H,4-6,8,10-15H2,1H3/t16-,19-/m0/s1. The van der Waals surface area contributed by atoms with Crippen molar-refractivity contribution in [3.05, 3.63) is 35.4 Å². The van der Waals surface area contributed by atoms with Crippen molar-refractivity contribution in [1.29, 1.82) is 0 Å². The van der Waals surface area contributed by atoms with Crippen LogP contribution in [-0.2, 0) is 11.2 Å². The highest BCUT2D eigenvalue weighted by Gasteiger charge is 2.28. The second kappa shape index (κ2) is 8.13. The van der Waals surface area contributed by atoms with Gasteiger partial charge in [0.25, 0.3) is 0 Å². The molecule has 1 aliphatic heterocycles. The predicted octanol–water partition coefficient (Wildman–Crippen LogP) is 2.62. The number of aliphatic hydroxyl groups excluding tert-OH is 1. The monoisotopic (exact) mass is 330 g/mol. The predicted molar refractivity (Wildman–Crippen MR) is 95.8 cm³/mol. The van der Waals surface area contributed by atoms with Crippen LogP contribution in [0.25, 0.3) is 0 Å². The minimum atomic E-state index is 0.223. The lowest BCUT2D eigenvalue weighted by Crippen LogP contribution is -2.44. The highest BCUT2D eigenvalue weighted by Crippen LogP contribution is 2.33. The lowest BCUT2D eigenvalue weighted by atomic mass is 9.87. The summed E-state index contributed by atoms with van der Waals surface area (Å²) in [5, 5.41) is 9.14. The van der Waals surface area contributed by atoms with E-state index in [2.05, 4.69) is 29.2 Å². The van der Waals surface area contributed by atoms with Gasteiger partial charge in [0.15, 0.2) is 0 Å². The number of likely N-dealkylation sites (N-methyl/N-ethyl adjacent to an activating group) is 1. The Morgan fingerprint density at radius 3 is 2.96 bits per heavy atom. The Balaban J connectivity index is 1.61. The zero-order valence-corrected chi connectivity index (χ0v) is 14.8. The van der Waals surface area contributed by atoms with Gasteiger partial charge in [-0.25, -0.2) is 0 Å². The molecule has 0 spiro atoms. The number of carbonyl (C=O) groups excluding carboxylic acids is 1. The Hall–Kier alpha value is -1.39. The van der Waals surface area contributed by atoms with Gasteiger partial charge in [-0.15, -0.1) is 0 Å². The summed E-state index contributed by atoms with van der Waals surface area (Å²) in [4.78, 5) is 17.1. The first-order valence-electron chi connectivity index (χ1n) is 9.35. The fraction of sp³-hybridized carbons (Fsp3) is 0.650. The largest absolute Gasteiger partial charge is 0.396 e. The molecular weight excluding hydrogens is 300 g/mol. The minimum absolute atomic E-state index is 0.223. The van der Waals surface area contributed by atoms with Crippen LogP contribution in [0.4, 0.5) is 0 Å². The van der Waals surface area contributed by atoms with E-state index in [1.807, 2.05) is 11.9 Å². The van der Waals surface area contributed by atoms with Crippen molar-refractivity contribution < 1.29 is 9.90 Å². The number of hydrogen-bond acceptors (Lipinski definition) is 3. The number of carbonyl (C=O) groups is 1. The van der Waals surface area contributed by atoms with Gasteiger partial charge in [-0.1, -0.05) is 24.3 Å². The first kappa shape index (κ1) is 17.4. The molecule has 4 nitrogen and oxygen atoms in total. The number of likely N-dealkylation sites (tertiary alicyclic amines) is 1. The van der Waals surface area contributed by atoms with Crippen LogP contribution in [0.2, 0.25) is 0 Å². The molecule has 0 radical (unpaired) electrons. The number of piperidine rings is 1. The number of fused-ring (bicyclic) bond motifs is 1. The summed E-state index contributed by atoms with van der Waals surface area (Å²) >= 11 is 0. The number of amides is 1. The molecule has 24 heavy (non-hydrogen) atoms. The fourth-order valence-corrected chi connectivity index (χ4v) is 4.32. The molecule has 0 bridgehead atoms. The third-order valence-electron chi connectivity index (χ3n) is 5.70. The van der Waals surface area contributed by atoms with E-state index in [-0.39, 0.29) is 18.6 Å². The SMILES string of the molecule is CN(C(=O)CN1CCC[C@@H](CCO)C1)[C@H]1CCCc2ccccc21. The van der Waals surface area contributed by atoms with E-state index in [4.69, 9.17) is 5.11 Å². The van der Waals surface area contributed by atoms with Crippen molar-refractivity contribution in [1.82, 2.24) is 9.80 Å². The highest BCUT2D eigenvalue weighted by atomic mass is 16.3. The van der Waals surface area contributed by atoms with Crippen LogP contribution >= 0.6 is 0 Å². The maximum absolute atomic E-state index is 12.8. The highest BCUT2D eigenvalue weighted by molar-refractivity contribution is 5.78. The van der Waals surface area contributed by atoms with E-state index < -0.39 is 0 Å². The van der Waals surface area contributed by atoms with Crippen LogP contribution in [0, 0.1) is 5.92 Å². The van der Waals surface area contributed by atoms with Gasteiger partial charge < -0.3 is 10.0 Å². The maximum atomic E-state index is 12.8. The molecular formula is C20H30N2O2. The average molecular weight is 330 g/mol. The van der Waals surface area contributed by atoms with E-state index in [1.54, 1.807) is 0 Å². The zero-order valence-electron chi connectivity index (χ0n) is 14.8. The molecule has 3 rings (SSSR count). The van der Waals surface area contributed by atoms with Crippen LogP contribution in [0.5, 0.6) is 0 Å². The number of hydrogen-bond donors (Lipinski definition) is 1. The van der Waals surface area contributed by atoms with Gasteiger partial charge in [-0.2, -0.15) is 0 Å². The number of aliphatic hydroxyl groups is 1. The molecule has 1 amide bonds. The number of rotatable bonds is 5. The van der Waals surface area contributed by atoms with Crippen molar-refractivity contribution in [3.8, 4) is 0 Å². The third kappa shape index (κ3) is 3.98. The second-order valence-corrected chi connectivity index (χ2v) is 7.37. The maximum Gasteiger partial charge on any atom is 0.237 e. The van der Waals surface area contributed by atoms with Crippen LogP contribution in [-0.4, -0.2) is 54.1 Å². The summed E-state index contributed by atoms with van der Waals surface area (Å²) in [6, 6.07) is 8.78. The Morgan fingerprint density at radius 2 is 2.12 bits per heavy atom. The molecule has 1 saturated heterocycles. The molecule has 132 valence electrons. The molecule has 0 saturated carbocycles. The molecule has 1 fully saturated rings. The normalized spacial score (nSPS) is 24.4. The summed E-state index contributed by atoms with van der Waals surface area (Å²) < 4.78 is 0. The van der Waals surface area contributed by atoms with Gasteiger partial charge in [0, 0.05) is 20.2 Å². The summed E-state index contributed by atoms with van der Waals surface area (Å²) in [6.07, 6.45) is 6.51. The number of aryl methyl sites for hydroxylation is 1. The molecule has 0 aromatic heterocycles. The average Bonchev–Trinajstić information content (AvgIpc) is 2.61. The molecule has 1 aromatic carbocycles. The summed E-state index contributed by atoms with van der Waals surface area (Å²) in [5.41, 5.74) is 2.73. The summed E-state index contributed by atoms with van der Waals surface area (Å²) in [7, 11) is 1.96. The fourth-order valence-electron chi connectivity index (χ4n) is 4.32. The van der Waals surface area contributed by atoms with Crippen molar-refractivity contribution in [2.75, 3.05) is 33.3 Å². The van der Waals surface area contributed by atoms with Gasteiger partial charge in [0.1, 0.15) is 0 Å². The van der Waals surface area contributed by atoms with Crippen LogP contribution in [0.1, 0.15) is 49.3 Å². The number of benzene rings is 1. The van der Waals surface area contributed by atoms with Crippen LogP contribution in [0.15, 0.2) is 24.3 Å². The van der Waals surface area contributed by atoms with E-state index >= 15 is 0 Å². The lowest BCUT2D eigenvalue weighted by molar-refractivity contribution is -0.134. The van der Waals surface area contributed by atoms with Gasteiger partial charge in [0.05, 0.1) is 12.6 Å². The van der Waals surface area contributed by atoms with E-state index in [9.17, 15) is 4.79 Å². The van der Waals surface area contributed by atoms with E-state index in [0.29, 0.717) is 12.5 Å². The Bertz CT molecular complexity index is 558. The molecule has 2 atom stereocenters. The lowest BCUT2D eigenvalue weighted by Gasteiger charge is -2.36. The van der Waals surface area contributed by atoms with Crippen molar-refractivity contribution in [2.24, 2.45) is 5.92 Å². The second-order valence-electron chi connectivity index (χ2n) is 7.37.